The second kappa shape index (κ2) is 10.2. The molecule has 0 fully saturated rings. The molecule has 7 nitrogen and oxygen atoms in total. The number of ether oxygens (including phenoxy) is 2. The molecule has 178 valence electrons. The van der Waals surface area contributed by atoms with Crippen molar-refractivity contribution in [2.24, 2.45) is 11.8 Å². The highest BCUT2D eigenvalue weighted by Crippen LogP contribution is 2.47. The number of aliphatic hydroxyl groups excluding tert-OH is 1. The minimum absolute atomic E-state index is 0.0184. The molecule has 0 aliphatic carbocycles. The molecule has 0 radical (unpaired) electrons. The van der Waals surface area contributed by atoms with E-state index in [4.69, 9.17) is 9.47 Å². The first-order valence-corrected chi connectivity index (χ1v) is 11.0. The van der Waals surface area contributed by atoms with E-state index in [1.807, 2.05) is 20.8 Å². The third-order valence-electron chi connectivity index (χ3n) is 6.20. The lowest BCUT2D eigenvalue weighted by atomic mass is 9.83. The molecule has 4 N–H and O–H groups in total. The molecule has 0 saturated carbocycles. The molecule has 0 bridgehead atoms. The molecular weight excluding hydrogens is 424 g/mol. The largest absolute Gasteiger partial charge is 0.508 e. The van der Waals surface area contributed by atoms with Crippen molar-refractivity contribution in [1.82, 2.24) is 0 Å². The molecule has 3 rings (SSSR count). The van der Waals surface area contributed by atoms with Crippen LogP contribution in [0.15, 0.2) is 35.9 Å². The van der Waals surface area contributed by atoms with E-state index in [9.17, 15) is 25.2 Å². The van der Waals surface area contributed by atoms with Gasteiger partial charge in [0.1, 0.15) is 40.4 Å². The summed E-state index contributed by atoms with van der Waals surface area (Å²) in [6, 6.07) is 5.74. The van der Waals surface area contributed by atoms with Crippen LogP contribution in [-0.4, -0.2) is 39.9 Å². The van der Waals surface area contributed by atoms with E-state index in [1.54, 1.807) is 6.07 Å². The zero-order valence-electron chi connectivity index (χ0n) is 19.5. The second-order valence-electron chi connectivity index (χ2n) is 8.90. The molecule has 1 aliphatic heterocycles. The Hall–Kier alpha value is -3.19. The summed E-state index contributed by atoms with van der Waals surface area (Å²) < 4.78 is 11.6. The number of hydrogen-bond donors (Lipinski definition) is 4. The molecule has 0 saturated heterocycles. The van der Waals surface area contributed by atoms with Crippen LogP contribution < -0.4 is 9.47 Å². The molecule has 3 atom stereocenters. The Morgan fingerprint density at radius 2 is 1.94 bits per heavy atom. The zero-order valence-corrected chi connectivity index (χ0v) is 19.5. The maximum atomic E-state index is 13.0. The third kappa shape index (κ3) is 5.25. The summed E-state index contributed by atoms with van der Waals surface area (Å²) in [7, 11) is 1.46. The minimum atomic E-state index is -0.716. The van der Waals surface area contributed by atoms with Gasteiger partial charge in [0.2, 0.25) is 0 Å². The van der Waals surface area contributed by atoms with Crippen LogP contribution in [0.5, 0.6) is 28.7 Å². The van der Waals surface area contributed by atoms with E-state index in [-0.39, 0.29) is 59.2 Å². The molecule has 33 heavy (non-hydrogen) atoms. The summed E-state index contributed by atoms with van der Waals surface area (Å²) in [5.41, 5.74) is 2.20. The summed E-state index contributed by atoms with van der Waals surface area (Å²) in [6.45, 7) is 5.91. The molecule has 0 unspecified atom stereocenters. The second-order valence-corrected chi connectivity index (χ2v) is 8.90. The van der Waals surface area contributed by atoms with Gasteiger partial charge in [-0.25, -0.2) is 0 Å². The number of ketones is 1. The first-order valence-electron chi connectivity index (χ1n) is 11.0. The highest BCUT2D eigenvalue weighted by Gasteiger charge is 2.35. The Kier molecular flexibility index (Phi) is 7.53. The van der Waals surface area contributed by atoms with E-state index in [2.05, 4.69) is 6.08 Å². The predicted octanol–water partition coefficient (Wildman–Crippen LogP) is 4.66. The number of methoxy groups -OCH3 is 1. The molecule has 0 amide bonds. The van der Waals surface area contributed by atoms with Gasteiger partial charge < -0.3 is 29.9 Å². The molecule has 2 aromatic carbocycles. The summed E-state index contributed by atoms with van der Waals surface area (Å²) in [5, 5.41) is 40.7. The Morgan fingerprint density at radius 3 is 2.58 bits per heavy atom. The smallest absolute Gasteiger partial charge is 0.174 e. The fraction of sp³-hybridized carbons (Fsp3) is 0.423. The zero-order chi connectivity index (χ0) is 24.3. The van der Waals surface area contributed by atoms with Crippen molar-refractivity contribution in [3.63, 3.8) is 0 Å². The average molecular weight is 457 g/mol. The predicted molar refractivity (Wildman–Crippen MR) is 124 cm³/mol. The van der Waals surface area contributed by atoms with Gasteiger partial charge in [0.25, 0.3) is 0 Å². The van der Waals surface area contributed by atoms with Gasteiger partial charge in [0.05, 0.1) is 13.5 Å². The maximum absolute atomic E-state index is 13.0. The van der Waals surface area contributed by atoms with Crippen molar-refractivity contribution in [3.8, 4) is 28.7 Å². The number of hydrogen-bond acceptors (Lipinski definition) is 7. The highest BCUT2D eigenvalue weighted by atomic mass is 16.5. The molecule has 0 aromatic heterocycles. The molecular formula is C26H32O7. The lowest BCUT2D eigenvalue weighted by molar-refractivity contribution is 0.0837. The Bertz CT molecular complexity index is 1050. The van der Waals surface area contributed by atoms with Gasteiger partial charge in [-0.2, -0.15) is 0 Å². The Labute approximate surface area is 193 Å². The van der Waals surface area contributed by atoms with Crippen LogP contribution in [0.2, 0.25) is 0 Å². The molecule has 1 heterocycles. The number of phenols is 3. The quantitative estimate of drug-likeness (QED) is 0.427. The van der Waals surface area contributed by atoms with Crippen LogP contribution in [0.1, 0.15) is 61.2 Å². The normalized spacial score (nSPS) is 17.0. The van der Waals surface area contributed by atoms with Crippen LogP contribution in [0, 0.1) is 11.8 Å². The lowest BCUT2D eigenvalue weighted by Crippen LogP contribution is -2.24. The number of carbonyl (C=O) groups is 1. The summed E-state index contributed by atoms with van der Waals surface area (Å²) in [6.07, 6.45) is 2.37. The van der Waals surface area contributed by atoms with Gasteiger partial charge in [0.15, 0.2) is 5.78 Å². The van der Waals surface area contributed by atoms with Gasteiger partial charge in [-0.3, -0.25) is 4.79 Å². The number of carbonyl (C=O) groups excluding carboxylic acids is 1. The van der Waals surface area contributed by atoms with Crippen molar-refractivity contribution in [3.05, 3.63) is 52.6 Å². The molecule has 7 heteroatoms. The van der Waals surface area contributed by atoms with Crippen molar-refractivity contribution in [2.45, 2.75) is 46.1 Å². The van der Waals surface area contributed by atoms with Crippen molar-refractivity contribution in [1.29, 1.82) is 0 Å². The van der Waals surface area contributed by atoms with Gasteiger partial charge >= 0.3 is 0 Å². The monoisotopic (exact) mass is 456 g/mol. The minimum Gasteiger partial charge on any atom is -0.508 e. The summed E-state index contributed by atoms with van der Waals surface area (Å²) >= 11 is 0. The summed E-state index contributed by atoms with van der Waals surface area (Å²) in [4.78, 5) is 13.0. The highest BCUT2D eigenvalue weighted by molar-refractivity contribution is 6.03. The number of fused-ring (bicyclic) bond motifs is 1. The maximum Gasteiger partial charge on any atom is 0.174 e. The number of Topliss-reactive ketones (excluding diaryl/α,β-unsaturated/α-hetero) is 1. The van der Waals surface area contributed by atoms with E-state index < -0.39 is 6.10 Å². The number of rotatable bonds is 8. The number of benzene rings is 2. The first kappa shape index (κ1) is 24.5. The number of allylic oxidation sites excluding steroid dienone is 2. The molecule has 1 aliphatic rings. The summed E-state index contributed by atoms with van der Waals surface area (Å²) in [5.74, 6) is -0.342. The average Bonchev–Trinajstić information content (AvgIpc) is 2.77. The Morgan fingerprint density at radius 1 is 1.21 bits per heavy atom. The fourth-order valence-corrected chi connectivity index (χ4v) is 4.18. The van der Waals surface area contributed by atoms with Crippen LogP contribution >= 0.6 is 0 Å². The van der Waals surface area contributed by atoms with Gasteiger partial charge in [0, 0.05) is 29.9 Å². The van der Waals surface area contributed by atoms with E-state index in [1.165, 1.54) is 25.3 Å². The number of aliphatic hydroxyl groups is 1. The van der Waals surface area contributed by atoms with Gasteiger partial charge in [-0.15, -0.1) is 0 Å². The van der Waals surface area contributed by atoms with Crippen molar-refractivity contribution < 1.29 is 34.7 Å². The van der Waals surface area contributed by atoms with E-state index in [0.29, 0.717) is 29.7 Å². The van der Waals surface area contributed by atoms with Crippen LogP contribution in [-0.2, 0) is 6.42 Å². The van der Waals surface area contributed by atoms with Gasteiger partial charge in [-0.05, 0) is 50.7 Å². The molecule has 0 spiro atoms. The lowest BCUT2D eigenvalue weighted by Gasteiger charge is -2.30. The first-order chi connectivity index (χ1) is 15.7. The Balaban J connectivity index is 2.06. The fourth-order valence-electron chi connectivity index (χ4n) is 4.18. The number of phenolic OH excluding ortho intramolecular Hbond substituents is 3. The van der Waals surface area contributed by atoms with E-state index in [0.717, 1.165) is 5.57 Å². The van der Waals surface area contributed by atoms with E-state index >= 15 is 0 Å². The third-order valence-corrected chi connectivity index (χ3v) is 6.20. The van der Waals surface area contributed by atoms with Crippen LogP contribution in [0.3, 0.4) is 0 Å². The topological polar surface area (TPSA) is 116 Å². The van der Waals surface area contributed by atoms with Crippen molar-refractivity contribution >= 4 is 5.78 Å². The van der Waals surface area contributed by atoms with Crippen LogP contribution in [0.25, 0.3) is 0 Å². The van der Waals surface area contributed by atoms with Crippen LogP contribution in [0.4, 0.5) is 0 Å². The standard InChI is InChI=1S/C26H32O7/c1-14(2)5-6-16(15(3)13-27)9-19-20(29)11-21(30)25-22(31)12-24(33-26(19)25)18-8-7-17(28)10-23(18)32-4/h5,7-8,10-11,15-16,24,27-30H,6,9,12-13H2,1-4H3/t15-,16+,24-/m0/s1. The van der Waals surface area contributed by atoms with Crippen molar-refractivity contribution in [2.75, 3.05) is 13.7 Å². The SMILES string of the molecule is COc1cc(O)ccc1[C@@H]1CC(=O)c2c(O)cc(O)c(C[C@@H](CC=C(C)C)[C@@H](C)CO)c2O1. The number of aromatic hydroxyl groups is 3. The molecule has 2 aromatic rings. The van der Waals surface area contributed by atoms with Gasteiger partial charge in [-0.1, -0.05) is 18.6 Å².